The van der Waals surface area contributed by atoms with Crippen LogP contribution < -0.4 is 5.73 Å². The van der Waals surface area contributed by atoms with Crippen molar-refractivity contribution in [3.05, 3.63) is 83.7 Å². The molecule has 1 atom stereocenters. The lowest BCUT2D eigenvalue weighted by Gasteiger charge is -2.32. The topological polar surface area (TPSA) is 112 Å². The first kappa shape index (κ1) is 20.1. The maximum Gasteiger partial charge on any atom is 0.299 e. The normalized spacial score (nSPS) is 18.7. The molecule has 2 aliphatic rings. The van der Waals surface area contributed by atoms with Crippen LogP contribution >= 0.6 is 22.9 Å². The van der Waals surface area contributed by atoms with Crippen molar-refractivity contribution in [1.29, 1.82) is 5.26 Å². The van der Waals surface area contributed by atoms with Gasteiger partial charge in [0.2, 0.25) is 0 Å². The molecule has 0 spiro atoms. The third kappa shape index (κ3) is 3.26. The quantitative estimate of drug-likeness (QED) is 0.566. The molecule has 0 amide bonds. The summed E-state index contributed by atoms with van der Waals surface area (Å²) in [5.41, 5.74) is 7.12. The summed E-state index contributed by atoms with van der Waals surface area (Å²) in [4.78, 5) is 20.0. The van der Waals surface area contributed by atoms with Gasteiger partial charge in [0.05, 0.1) is 23.1 Å². The largest absolute Gasteiger partial charge is 0.384 e. The number of nitriles is 1. The molecule has 2 N–H and O–H groups in total. The highest BCUT2D eigenvalue weighted by Crippen LogP contribution is 2.44. The maximum absolute atomic E-state index is 14.0. The molecule has 3 heterocycles. The van der Waals surface area contributed by atoms with Gasteiger partial charge in [0, 0.05) is 24.2 Å². The van der Waals surface area contributed by atoms with Gasteiger partial charge < -0.3 is 15.5 Å². The molecule has 2 aromatic rings. The summed E-state index contributed by atoms with van der Waals surface area (Å²) < 4.78 is 14.4. The van der Waals surface area contributed by atoms with E-state index < -0.39 is 16.7 Å². The van der Waals surface area contributed by atoms with Gasteiger partial charge in [-0.25, -0.2) is 9.37 Å². The van der Waals surface area contributed by atoms with Crippen LogP contribution in [0.25, 0.3) is 0 Å². The minimum atomic E-state index is -1.07. The van der Waals surface area contributed by atoms with Gasteiger partial charge in [-0.2, -0.15) is 5.26 Å². The molecule has 0 bridgehead atoms. The van der Waals surface area contributed by atoms with Crippen molar-refractivity contribution in [3.8, 4) is 6.07 Å². The first-order valence-corrected chi connectivity index (χ1v) is 10.2. The number of hydrogen-bond donors (Lipinski definition) is 1. The molecule has 0 radical (unpaired) electrons. The van der Waals surface area contributed by atoms with E-state index in [1.165, 1.54) is 29.5 Å². The molecule has 11 heteroatoms. The Balaban J connectivity index is 1.90. The summed E-state index contributed by atoms with van der Waals surface area (Å²) in [7, 11) is 0. The number of nitrogens with zero attached hydrogens (tertiary/aromatic N) is 5. The summed E-state index contributed by atoms with van der Waals surface area (Å²) in [5, 5.41) is 22.0. The van der Waals surface area contributed by atoms with Gasteiger partial charge >= 0.3 is 0 Å². The molecule has 1 aromatic heterocycles. The van der Waals surface area contributed by atoms with E-state index in [1.54, 1.807) is 18.0 Å². The average molecular weight is 447 g/mol. The van der Waals surface area contributed by atoms with Crippen molar-refractivity contribution in [3.63, 3.8) is 0 Å². The third-order valence-corrected chi connectivity index (χ3v) is 6.35. The number of rotatable bonds is 4. The first-order chi connectivity index (χ1) is 14.3. The fraction of sp³-hybridized carbons (Fsp3) is 0.263. The van der Waals surface area contributed by atoms with Crippen LogP contribution in [-0.2, 0) is 6.54 Å². The van der Waals surface area contributed by atoms with Crippen LogP contribution in [0.1, 0.15) is 21.9 Å². The molecule has 2 aliphatic heterocycles. The molecule has 1 aromatic carbocycles. The molecular weight excluding hydrogens is 431 g/mol. The number of benzene rings is 1. The molecule has 8 nitrogen and oxygen atoms in total. The van der Waals surface area contributed by atoms with Crippen LogP contribution in [0.2, 0.25) is 4.47 Å². The van der Waals surface area contributed by atoms with Crippen LogP contribution in [-0.4, -0.2) is 32.8 Å². The Morgan fingerprint density at radius 3 is 2.90 bits per heavy atom. The molecule has 30 heavy (non-hydrogen) atoms. The Kier molecular flexibility index (Phi) is 5.09. The molecule has 4 rings (SSSR count). The zero-order chi connectivity index (χ0) is 21.6. The van der Waals surface area contributed by atoms with Gasteiger partial charge in [0.1, 0.15) is 17.6 Å². The van der Waals surface area contributed by atoms with Crippen molar-refractivity contribution >= 4 is 22.9 Å². The van der Waals surface area contributed by atoms with Gasteiger partial charge in [-0.3, -0.25) is 10.1 Å². The molecule has 0 aliphatic carbocycles. The smallest absolute Gasteiger partial charge is 0.299 e. The second kappa shape index (κ2) is 7.59. The second-order valence-electron chi connectivity index (χ2n) is 6.96. The van der Waals surface area contributed by atoms with Gasteiger partial charge in [0.15, 0.2) is 10.3 Å². The van der Waals surface area contributed by atoms with E-state index in [9.17, 15) is 19.8 Å². The zero-order valence-corrected chi connectivity index (χ0v) is 17.4. The number of aryl methyl sites for hydroxylation is 1. The molecule has 154 valence electrons. The van der Waals surface area contributed by atoms with E-state index in [-0.39, 0.29) is 17.1 Å². The molecular formula is C19H16ClFN6O2S. The number of halogens is 2. The summed E-state index contributed by atoms with van der Waals surface area (Å²) >= 11 is 7.21. The Morgan fingerprint density at radius 1 is 1.50 bits per heavy atom. The molecule has 0 saturated carbocycles. The predicted octanol–water partition coefficient (Wildman–Crippen LogP) is 3.30. The Bertz CT molecular complexity index is 1150. The van der Waals surface area contributed by atoms with Gasteiger partial charge in [-0.15, -0.1) is 11.3 Å². The molecule has 1 fully saturated rings. The van der Waals surface area contributed by atoms with Gasteiger partial charge in [-0.1, -0.05) is 17.7 Å². The summed E-state index contributed by atoms with van der Waals surface area (Å²) in [5.74, 6) is -1.15. The lowest BCUT2D eigenvalue weighted by atomic mass is 9.84. The standard InChI is InChI=1S/C19H16ClFN6O2S/c1-10-2-3-11(21)6-13(10)15-14(7-22)17(23)26-5-4-25(18(26)16(15)27(28)29)9-12-8-24-19(20)30-12/h2-3,6,8,15H,4-5,9,23H2,1H3. The Hall–Kier alpha value is -3.16. The van der Waals surface area contributed by atoms with Crippen molar-refractivity contribution in [2.45, 2.75) is 19.4 Å². The van der Waals surface area contributed by atoms with E-state index in [1.807, 2.05) is 11.0 Å². The minimum absolute atomic E-state index is 0.0434. The summed E-state index contributed by atoms with van der Waals surface area (Å²) in [6, 6.07) is 6.07. The second-order valence-corrected chi connectivity index (χ2v) is 8.66. The maximum atomic E-state index is 14.0. The van der Waals surface area contributed by atoms with Crippen LogP contribution in [0, 0.1) is 34.2 Å². The monoisotopic (exact) mass is 446 g/mol. The third-order valence-electron chi connectivity index (χ3n) is 5.25. The number of aromatic nitrogens is 1. The van der Waals surface area contributed by atoms with Crippen LogP contribution in [0.3, 0.4) is 0 Å². The number of nitrogens with two attached hydrogens (primary N) is 1. The van der Waals surface area contributed by atoms with E-state index in [4.69, 9.17) is 17.3 Å². The number of fused-ring (bicyclic) bond motifs is 1. The van der Waals surface area contributed by atoms with E-state index in [0.29, 0.717) is 41.0 Å². The average Bonchev–Trinajstić information content (AvgIpc) is 3.30. The summed E-state index contributed by atoms with van der Waals surface area (Å²) in [6.45, 7) is 2.94. The van der Waals surface area contributed by atoms with Gasteiger partial charge in [0.25, 0.3) is 5.70 Å². The number of nitro groups is 1. The van der Waals surface area contributed by atoms with Crippen molar-refractivity contribution in [1.82, 2.24) is 14.8 Å². The Labute approximate surface area is 180 Å². The number of thiazole rings is 1. The fourth-order valence-corrected chi connectivity index (χ4v) is 4.92. The highest BCUT2D eigenvalue weighted by Gasteiger charge is 2.47. The molecule has 1 unspecified atom stereocenters. The zero-order valence-electron chi connectivity index (χ0n) is 15.8. The van der Waals surface area contributed by atoms with E-state index >= 15 is 0 Å². The number of hydrogen-bond acceptors (Lipinski definition) is 8. The SMILES string of the molecule is Cc1ccc(F)cc1C1C(C#N)=C(N)N2CCN(Cc3cnc(Cl)s3)C2=C1[N+](=O)[O-]. The van der Waals surface area contributed by atoms with Crippen molar-refractivity contribution in [2.24, 2.45) is 5.73 Å². The first-order valence-electron chi connectivity index (χ1n) is 8.98. The molecule has 1 saturated heterocycles. The van der Waals surface area contributed by atoms with Crippen LogP contribution in [0.4, 0.5) is 4.39 Å². The van der Waals surface area contributed by atoms with Crippen molar-refractivity contribution in [2.75, 3.05) is 13.1 Å². The van der Waals surface area contributed by atoms with Crippen molar-refractivity contribution < 1.29 is 9.31 Å². The number of allylic oxidation sites excluding steroid dienone is 1. The lowest BCUT2D eigenvalue weighted by molar-refractivity contribution is -0.432. The lowest BCUT2D eigenvalue weighted by Crippen LogP contribution is -2.37. The highest BCUT2D eigenvalue weighted by molar-refractivity contribution is 7.15. The van der Waals surface area contributed by atoms with E-state index in [2.05, 4.69) is 4.98 Å². The minimum Gasteiger partial charge on any atom is -0.384 e. The highest BCUT2D eigenvalue weighted by atomic mass is 35.5. The summed E-state index contributed by atoms with van der Waals surface area (Å²) in [6.07, 6.45) is 1.62. The predicted molar refractivity (Wildman–Crippen MR) is 109 cm³/mol. The van der Waals surface area contributed by atoms with Crippen LogP contribution in [0.5, 0.6) is 0 Å². The fourth-order valence-electron chi connectivity index (χ4n) is 3.93. The van der Waals surface area contributed by atoms with Crippen LogP contribution in [0.15, 0.2) is 47.3 Å². The van der Waals surface area contributed by atoms with Gasteiger partial charge in [-0.05, 0) is 30.2 Å². The van der Waals surface area contributed by atoms with E-state index in [0.717, 1.165) is 4.88 Å². The Morgan fingerprint density at radius 2 is 2.27 bits per heavy atom.